The lowest BCUT2D eigenvalue weighted by atomic mass is 9.85. The summed E-state index contributed by atoms with van der Waals surface area (Å²) in [6.07, 6.45) is 0. The van der Waals surface area contributed by atoms with E-state index < -0.39 is 0 Å². The van der Waals surface area contributed by atoms with E-state index in [1.165, 1.54) is 5.56 Å². The molecule has 1 aromatic heterocycles. The van der Waals surface area contributed by atoms with Crippen LogP contribution in [0, 0.1) is 6.92 Å². The van der Waals surface area contributed by atoms with Crippen LogP contribution in [0.1, 0.15) is 31.9 Å². The van der Waals surface area contributed by atoms with Gasteiger partial charge in [0, 0.05) is 27.2 Å². The third-order valence-corrected chi connectivity index (χ3v) is 6.50. The molecule has 0 fully saturated rings. The molecular weight excluding hydrogens is 464 g/mol. The van der Waals surface area contributed by atoms with Crippen LogP contribution in [-0.4, -0.2) is 17.5 Å². The van der Waals surface area contributed by atoms with Crippen LogP contribution in [0.3, 0.4) is 0 Å². The highest BCUT2D eigenvalue weighted by Crippen LogP contribution is 2.32. The van der Waals surface area contributed by atoms with Gasteiger partial charge in [0.05, 0.1) is 5.69 Å². The van der Waals surface area contributed by atoms with Crippen molar-refractivity contribution in [3.63, 3.8) is 0 Å². The van der Waals surface area contributed by atoms with Crippen LogP contribution in [0.25, 0.3) is 21.8 Å². The Bertz CT molecular complexity index is 1290. The van der Waals surface area contributed by atoms with Gasteiger partial charge in [-0.2, -0.15) is 0 Å². The molecular formula is C28H27ClN2O2S. The Balaban J connectivity index is 1.38. The largest absolute Gasteiger partial charge is 0.483 e. The number of amides is 1. The quantitative estimate of drug-likeness (QED) is 0.300. The van der Waals surface area contributed by atoms with Gasteiger partial charge in [0.1, 0.15) is 10.8 Å². The van der Waals surface area contributed by atoms with Crippen molar-refractivity contribution in [2.75, 3.05) is 11.9 Å². The zero-order chi connectivity index (χ0) is 24.3. The lowest BCUT2D eigenvalue weighted by molar-refractivity contribution is -0.118. The summed E-state index contributed by atoms with van der Waals surface area (Å²) in [5.74, 6) is 0.537. The van der Waals surface area contributed by atoms with Gasteiger partial charge >= 0.3 is 0 Å². The molecule has 0 radical (unpaired) electrons. The highest BCUT2D eigenvalue weighted by Gasteiger charge is 2.19. The second-order valence-corrected chi connectivity index (χ2v) is 10.5. The van der Waals surface area contributed by atoms with Gasteiger partial charge in [-0.3, -0.25) is 4.79 Å². The average molecular weight is 491 g/mol. The molecule has 6 heteroatoms. The maximum atomic E-state index is 12.5. The van der Waals surface area contributed by atoms with E-state index in [1.807, 2.05) is 66.0 Å². The second-order valence-electron chi connectivity index (χ2n) is 9.21. The Morgan fingerprint density at radius 3 is 2.35 bits per heavy atom. The molecule has 3 aromatic carbocycles. The first-order chi connectivity index (χ1) is 16.2. The number of halogens is 1. The summed E-state index contributed by atoms with van der Waals surface area (Å²) >= 11 is 7.56. The number of aromatic nitrogens is 1. The first-order valence-electron chi connectivity index (χ1n) is 11.0. The first-order valence-corrected chi connectivity index (χ1v) is 12.3. The number of benzene rings is 3. The predicted octanol–water partition coefficient (Wildman–Crippen LogP) is 7.75. The predicted molar refractivity (Wildman–Crippen MR) is 142 cm³/mol. The molecule has 4 rings (SSSR count). The van der Waals surface area contributed by atoms with Crippen LogP contribution in [0.5, 0.6) is 5.75 Å². The van der Waals surface area contributed by atoms with E-state index >= 15 is 0 Å². The molecule has 174 valence electrons. The first kappa shape index (κ1) is 24.0. The number of aryl methyl sites for hydroxylation is 1. The maximum Gasteiger partial charge on any atom is 0.262 e. The van der Waals surface area contributed by atoms with Crippen LogP contribution >= 0.6 is 22.9 Å². The number of hydrogen-bond donors (Lipinski definition) is 1. The maximum absolute atomic E-state index is 12.5. The molecule has 0 aliphatic carbocycles. The highest BCUT2D eigenvalue weighted by atomic mass is 35.5. The summed E-state index contributed by atoms with van der Waals surface area (Å²) in [5, 5.41) is 6.57. The molecule has 0 spiro atoms. The monoisotopic (exact) mass is 490 g/mol. The molecule has 4 nitrogen and oxygen atoms in total. The minimum Gasteiger partial charge on any atom is -0.483 e. The fourth-order valence-electron chi connectivity index (χ4n) is 3.55. The van der Waals surface area contributed by atoms with E-state index in [2.05, 4.69) is 39.1 Å². The summed E-state index contributed by atoms with van der Waals surface area (Å²) in [7, 11) is 0. The molecule has 34 heavy (non-hydrogen) atoms. The summed E-state index contributed by atoms with van der Waals surface area (Å²) in [6.45, 7) is 8.41. The molecule has 4 aromatic rings. The normalized spacial score (nSPS) is 11.3. The van der Waals surface area contributed by atoms with Crippen LogP contribution in [0.2, 0.25) is 5.02 Å². The zero-order valence-electron chi connectivity index (χ0n) is 19.7. The molecule has 0 aliphatic heterocycles. The van der Waals surface area contributed by atoms with Gasteiger partial charge in [0.15, 0.2) is 6.61 Å². The number of anilines is 1. The van der Waals surface area contributed by atoms with Crippen molar-refractivity contribution in [2.45, 2.75) is 33.1 Å². The van der Waals surface area contributed by atoms with Crippen LogP contribution in [0.4, 0.5) is 5.69 Å². The van der Waals surface area contributed by atoms with E-state index in [4.69, 9.17) is 21.3 Å². The number of hydrogen-bond acceptors (Lipinski definition) is 4. The van der Waals surface area contributed by atoms with Crippen molar-refractivity contribution >= 4 is 34.5 Å². The lowest BCUT2D eigenvalue weighted by Gasteiger charge is -2.23. The fourth-order valence-corrected chi connectivity index (χ4v) is 4.51. The zero-order valence-corrected chi connectivity index (χ0v) is 21.3. The molecule has 0 aliphatic rings. The minimum atomic E-state index is -0.202. The summed E-state index contributed by atoms with van der Waals surface area (Å²) in [4.78, 5) is 17.2. The molecule has 0 saturated carbocycles. The average Bonchev–Trinajstić information content (AvgIpc) is 3.29. The summed E-state index contributed by atoms with van der Waals surface area (Å²) in [6, 6.07) is 21.4. The summed E-state index contributed by atoms with van der Waals surface area (Å²) in [5.41, 5.74) is 5.81. The number of nitrogens with one attached hydrogen (secondary N) is 1. The molecule has 0 atom stereocenters. The van der Waals surface area contributed by atoms with Gasteiger partial charge in [0.25, 0.3) is 5.91 Å². The Morgan fingerprint density at radius 1 is 1.00 bits per heavy atom. The Hall–Kier alpha value is -3.15. The number of nitrogens with zero attached hydrogens (tertiary/aromatic N) is 1. The number of thiazole rings is 1. The third-order valence-electron chi connectivity index (χ3n) is 5.36. The van der Waals surface area contributed by atoms with E-state index in [-0.39, 0.29) is 17.9 Å². The number of rotatable bonds is 6. The van der Waals surface area contributed by atoms with Crippen molar-refractivity contribution in [2.24, 2.45) is 0 Å². The van der Waals surface area contributed by atoms with Crippen LogP contribution < -0.4 is 10.1 Å². The van der Waals surface area contributed by atoms with E-state index in [0.29, 0.717) is 10.7 Å². The van der Waals surface area contributed by atoms with E-state index in [9.17, 15) is 4.79 Å². The van der Waals surface area contributed by atoms with Gasteiger partial charge in [0.2, 0.25) is 0 Å². The van der Waals surface area contributed by atoms with Gasteiger partial charge in [-0.1, -0.05) is 74.3 Å². The Labute approximate surface area is 209 Å². The van der Waals surface area contributed by atoms with Crippen LogP contribution in [-0.2, 0) is 10.2 Å². The smallest absolute Gasteiger partial charge is 0.262 e. The van der Waals surface area contributed by atoms with Gasteiger partial charge < -0.3 is 10.1 Å². The van der Waals surface area contributed by atoms with Crippen LogP contribution in [0.15, 0.2) is 72.1 Å². The summed E-state index contributed by atoms with van der Waals surface area (Å²) < 4.78 is 5.87. The number of ether oxygens (including phenoxy) is 1. The van der Waals surface area contributed by atoms with Crippen molar-refractivity contribution in [3.8, 4) is 27.6 Å². The van der Waals surface area contributed by atoms with Gasteiger partial charge in [-0.15, -0.1) is 11.3 Å². The molecule has 0 bridgehead atoms. The highest BCUT2D eigenvalue weighted by molar-refractivity contribution is 7.13. The second kappa shape index (κ2) is 10.00. The molecule has 0 unspecified atom stereocenters. The van der Waals surface area contributed by atoms with Crippen molar-refractivity contribution in [3.05, 3.63) is 88.3 Å². The fraction of sp³-hybridized carbons (Fsp3) is 0.214. The Kier molecular flexibility index (Phi) is 7.05. The van der Waals surface area contributed by atoms with Crippen molar-refractivity contribution in [1.82, 2.24) is 4.98 Å². The SMILES string of the molecule is Cc1ccc(OCC(=O)Nc2ccc(-c3csc(-c4ccc(Cl)cc4)n3)cc2)c(C(C)(C)C)c1. The Morgan fingerprint density at radius 2 is 1.68 bits per heavy atom. The standard InChI is InChI=1S/C28H27ClN2O2S/c1-18-5-14-25(23(15-18)28(2,3)4)33-16-26(32)30-22-12-8-19(9-13-22)24-17-34-27(31-24)20-6-10-21(29)11-7-20/h5-15,17H,16H2,1-4H3,(H,30,32). The van der Waals surface area contributed by atoms with Gasteiger partial charge in [-0.05, 0) is 48.2 Å². The van der Waals surface area contributed by atoms with E-state index in [0.717, 1.165) is 33.1 Å². The molecule has 0 saturated heterocycles. The van der Waals surface area contributed by atoms with E-state index in [1.54, 1.807) is 11.3 Å². The number of carbonyl (C=O) groups is 1. The minimum absolute atomic E-state index is 0.0512. The number of carbonyl (C=O) groups excluding carboxylic acids is 1. The van der Waals surface area contributed by atoms with Crippen molar-refractivity contribution in [1.29, 1.82) is 0 Å². The third kappa shape index (κ3) is 5.85. The topological polar surface area (TPSA) is 51.2 Å². The lowest BCUT2D eigenvalue weighted by Crippen LogP contribution is -2.22. The van der Waals surface area contributed by atoms with Gasteiger partial charge in [-0.25, -0.2) is 4.98 Å². The van der Waals surface area contributed by atoms with Crippen molar-refractivity contribution < 1.29 is 9.53 Å². The molecule has 1 N–H and O–H groups in total. The molecule has 1 heterocycles. The molecule has 1 amide bonds.